The predicted octanol–water partition coefficient (Wildman–Crippen LogP) is 7.03. The third-order valence-electron chi connectivity index (χ3n) is 4.82. The van der Waals surface area contributed by atoms with Gasteiger partial charge in [-0.2, -0.15) is 0 Å². The van der Waals surface area contributed by atoms with Gasteiger partial charge in [-0.25, -0.2) is 4.57 Å². The van der Waals surface area contributed by atoms with Crippen LogP contribution in [0.1, 0.15) is 70.6 Å². The van der Waals surface area contributed by atoms with Crippen molar-refractivity contribution < 1.29 is 4.57 Å². The van der Waals surface area contributed by atoms with E-state index in [0.717, 1.165) is 38.1 Å². The Balaban J connectivity index is 2.07. The second-order valence-corrected chi connectivity index (χ2v) is 7.80. The highest BCUT2D eigenvalue weighted by Gasteiger charge is 2.04. The van der Waals surface area contributed by atoms with Gasteiger partial charge in [0.15, 0.2) is 11.9 Å². The number of pyridine rings is 1. The lowest BCUT2D eigenvalue weighted by molar-refractivity contribution is -0.703. The standard InChI is InChI=1S/C27H41N2/c1-6-17-24(2)22-26(4)28-19-15-13-11-9-7-8-10-12-14-16-20-29-21-18-25(3)23-27(29)5/h6-10,17-18,21-23H,11-16,19-20H2,1-5H3/q+1/b9-7-,10-8-,17-6-,24-22-,28-26?. The number of aliphatic imine (C=N–C) groups is 1. The summed E-state index contributed by atoms with van der Waals surface area (Å²) in [6, 6.07) is 4.44. The van der Waals surface area contributed by atoms with Crippen LogP contribution in [-0.2, 0) is 6.54 Å². The van der Waals surface area contributed by atoms with E-state index in [4.69, 9.17) is 0 Å². The summed E-state index contributed by atoms with van der Waals surface area (Å²) >= 11 is 0. The molecule has 2 nitrogen and oxygen atoms in total. The largest absolute Gasteiger partial charge is 0.290 e. The lowest BCUT2D eigenvalue weighted by atomic mass is 10.2. The van der Waals surface area contributed by atoms with Crippen LogP contribution in [0.2, 0.25) is 0 Å². The molecule has 0 aliphatic carbocycles. The molecule has 0 bridgehead atoms. The van der Waals surface area contributed by atoms with Crippen molar-refractivity contribution in [1.82, 2.24) is 0 Å². The van der Waals surface area contributed by atoms with E-state index >= 15 is 0 Å². The summed E-state index contributed by atoms with van der Waals surface area (Å²) in [5, 5.41) is 0. The third-order valence-corrected chi connectivity index (χ3v) is 4.82. The zero-order chi connectivity index (χ0) is 21.3. The molecule has 0 aliphatic rings. The molecule has 0 fully saturated rings. The minimum atomic E-state index is 0.924. The van der Waals surface area contributed by atoms with Crippen molar-refractivity contribution >= 4 is 5.71 Å². The predicted molar refractivity (Wildman–Crippen MR) is 129 cm³/mol. The van der Waals surface area contributed by atoms with Gasteiger partial charge >= 0.3 is 0 Å². The Morgan fingerprint density at radius 2 is 1.69 bits per heavy atom. The number of rotatable bonds is 13. The molecule has 0 saturated carbocycles. The van der Waals surface area contributed by atoms with E-state index in [9.17, 15) is 0 Å². The molecule has 1 heterocycles. The quantitative estimate of drug-likeness (QED) is 0.148. The molecule has 158 valence electrons. The van der Waals surface area contributed by atoms with Crippen molar-refractivity contribution in [2.75, 3.05) is 6.54 Å². The van der Waals surface area contributed by atoms with Gasteiger partial charge in [-0.15, -0.1) is 0 Å². The van der Waals surface area contributed by atoms with Crippen molar-refractivity contribution in [3.8, 4) is 0 Å². The van der Waals surface area contributed by atoms with E-state index < -0.39 is 0 Å². The summed E-state index contributed by atoms with van der Waals surface area (Å²) in [5.74, 6) is 0. The first-order chi connectivity index (χ1) is 14.0. The van der Waals surface area contributed by atoms with Gasteiger partial charge in [-0.3, -0.25) is 4.99 Å². The topological polar surface area (TPSA) is 16.2 Å². The van der Waals surface area contributed by atoms with E-state index in [1.54, 1.807) is 0 Å². The minimum absolute atomic E-state index is 0.924. The first-order valence-corrected chi connectivity index (χ1v) is 11.1. The van der Waals surface area contributed by atoms with Crippen molar-refractivity contribution in [1.29, 1.82) is 0 Å². The van der Waals surface area contributed by atoms with Crippen molar-refractivity contribution in [2.45, 2.75) is 79.7 Å². The number of allylic oxidation sites excluding steroid dienone is 8. The molecule has 0 unspecified atom stereocenters. The summed E-state index contributed by atoms with van der Waals surface area (Å²) < 4.78 is 2.35. The van der Waals surface area contributed by atoms with Gasteiger partial charge in [0.25, 0.3) is 0 Å². The average Bonchev–Trinajstić information content (AvgIpc) is 2.67. The number of unbranched alkanes of at least 4 members (excludes halogenated alkanes) is 4. The van der Waals surface area contributed by atoms with Gasteiger partial charge < -0.3 is 0 Å². The number of hydrogen-bond donors (Lipinski definition) is 0. The fourth-order valence-electron chi connectivity index (χ4n) is 3.25. The smallest absolute Gasteiger partial charge is 0.178 e. The van der Waals surface area contributed by atoms with E-state index in [-0.39, 0.29) is 0 Å². The molecule has 1 aromatic rings. The molecule has 0 aliphatic heterocycles. The van der Waals surface area contributed by atoms with Crippen molar-refractivity contribution in [2.24, 2.45) is 4.99 Å². The first-order valence-electron chi connectivity index (χ1n) is 11.1. The van der Waals surface area contributed by atoms with Crippen LogP contribution in [0, 0.1) is 13.8 Å². The zero-order valence-electron chi connectivity index (χ0n) is 19.3. The van der Waals surface area contributed by atoms with Crippen molar-refractivity contribution in [3.05, 3.63) is 77.7 Å². The Morgan fingerprint density at radius 3 is 2.34 bits per heavy atom. The van der Waals surface area contributed by atoms with Crippen LogP contribution in [0.15, 0.2) is 71.4 Å². The number of aryl methyl sites for hydroxylation is 3. The van der Waals surface area contributed by atoms with Gasteiger partial charge in [0.1, 0.15) is 6.54 Å². The minimum Gasteiger partial charge on any atom is -0.290 e. The lowest BCUT2D eigenvalue weighted by Crippen LogP contribution is -2.36. The molecule has 0 aromatic carbocycles. The highest BCUT2D eigenvalue weighted by Crippen LogP contribution is 2.02. The van der Waals surface area contributed by atoms with Crippen LogP contribution in [-0.4, -0.2) is 12.3 Å². The van der Waals surface area contributed by atoms with Crippen LogP contribution < -0.4 is 4.57 Å². The monoisotopic (exact) mass is 393 g/mol. The van der Waals surface area contributed by atoms with Gasteiger partial charge in [0, 0.05) is 37.7 Å². The first kappa shape index (κ1) is 24.8. The van der Waals surface area contributed by atoms with Gasteiger partial charge in [-0.1, -0.05) is 36.5 Å². The second-order valence-electron chi connectivity index (χ2n) is 7.80. The van der Waals surface area contributed by atoms with Gasteiger partial charge in [0.2, 0.25) is 0 Å². The van der Waals surface area contributed by atoms with E-state index in [1.807, 2.05) is 6.92 Å². The summed E-state index contributed by atoms with van der Waals surface area (Å²) in [6.07, 6.45) is 24.6. The fraction of sp³-hybridized carbons (Fsp3) is 0.481. The SMILES string of the molecule is C/C=C\C(C)=C/C(C)=NCCCC/C=C\C=C/CCCC[n+]1ccc(C)cc1C. The normalized spacial score (nSPS) is 13.4. The van der Waals surface area contributed by atoms with Crippen LogP contribution in [0.3, 0.4) is 0 Å². The zero-order valence-corrected chi connectivity index (χ0v) is 19.3. The third kappa shape index (κ3) is 12.8. The van der Waals surface area contributed by atoms with Gasteiger partial charge in [-0.05, 0) is 77.0 Å². The summed E-state index contributed by atoms with van der Waals surface area (Å²) in [4.78, 5) is 4.62. The lowest BCUT2D eigenvalue weighted by Gasteiger charge is -2.00. The second kappa shape index (κ2) is 15.7. The number of hydrogen-bond acceptors (Lipinski definition) is 1. The Labute approximate surface area is 179 Å². The summed E-state index contributed by atoms with van der Waals surface area (Å²) in [7, 11) is 0. The van der Waals surface area contributed by atoms with Crippen molar-refractivity contribution in [3.63, 3.8) is 0 Å². The molecule has 0 amide bonds. The van der Waals surface area contributed by atoms with E-state index in [0.29, 0.717) is 0 Å². The van der Waals surface area contributed by atoms with E-state index in [1.165, 1.54) is 36.1 Å². The molecule has 0 radical (unpaired) electrons. The van der Waals surface area contributed by atoms with Crippen LogP contribution in [0.5, 0.6) is 0 Å². The highest BCUT2D eigenvalue weighted by atomic mass is 14.9. The molecule has 2 heteroatoms. The van der Waals surface area contributed by atoms with Gasteiger partial charge in [0.05, 0.1) is 0 Å². The molecule has 0 atom stereocenters. The van der Waals surface area contributed by atoms with Crippen LogP contribution >= 0.6 is 0 Å². The Morgan fingerprint density at radius 1 is 1.00 bits per heavy atom. The number of aromatic nitrogens is 1. The molecule has 29 heavy (non-hydrogen) atoms. The molecule has 1 rings (SSSR count). The van der Waals surface area contributed by atoms with Crippen LogP contribution in [0.25, 0.3) is 0 Å². The maximum absolute atomic E-state index is 4.62. The maximum atomic E-state index is 4.62. The highest BCUT2D eigenvalue weighted by molar-refractivity contribution is 5.93. The fourth-order valence-corrected chi connectivity index (χ4v) is 3.25. The molecular weight excluding hydrogens is 352 g/mol. The molecular formula is C27H41N2+. The Hall–Kier alpha value is -2.22. The Kier molecular flexibility index (Phi) is 13.4. The molecule has 0 spiro atoms. The van der Waals surface area contributed by atoms with E-state index in [2.05, 4.69) is 98.1 Å². The summed E-state index contributed by atoms with van der Waals surface area (Å²) in [6.45, 7) is 12.6. The molecule has 0 N–H and O–H groups in total. The number of nitrogens with zero attached hydrogens (tertiary/aromatic N) is 2. The Bertz CT molecular complexity index is 733. The van der Waals surface area contributed by atoms with Crippen LogP contribution in [0.4, 0.5) is 0 Å². The summed E-state index contributed by atoms with van der Waals surface area (Å²) in [5.41, 5.74) is 5.07. The molecule has 1 aromatic heterocycles. The molecule has 0 saturated heterocycles. The maximum Gasteiger partial charge on any atom is 0.178 e. The average molecular weight is 394 g/mol.